The van der Waals surface area contributed by atoms with Crippen molar-refractivity contribution in [1.29, 1.82) is 0 Å². The van der Waals surface area contributed by atoms with Crippen LogP contribution in [-0.4, -0.2) is 30.6 Å². The number of halogens is 2. The van der Waals surface area contributed by atoms with E-state index in [9.17, 15) is 4.39 Å². The number of rotatable bonds is 5. The topological polar surface area (TPSA) is 15.3 Å². The van der Waals surface area contributed by atoms with Crippen LogP contribution in [0.3, 0.4) is 0 Å². The van der Waals surface area contributed by atoms with E-state index in [1.165, 1.54) is 38.1 Å². The highest BCUT2D eigenvalue weighted by Crippen LogP contribution is 2.17. The Balaban J connectivity index is 1.79. The molecule has 0 bridgehead atoms. The molecule has 0 spiro atoms. The van der Waals surface area contributed by atoms with Crippen LogP contribution in [0.2, 0.25) is 5.02 Å². The van der Waals surface area contributed by atoms with Gasteiger partial charge in [0.15, 0.2) is 0 Å². The van der Waals surface area contributed by atoms with Crippen LogP contribution in [0.4, 0.5) is 4.39 Å². The molecule has 1 saturated heterocycles. The van der Waals surface area contributed by atoms with Crippen LogP contribution in [0.1, 0.15) is 25.3 Å². The number of benzene rings is 1. The van der Waals surface area contributed by atoms with Crippen molar-refractivity contribution in [3.8, 4) is 0 Å². The van der Waals surface area contributed by atoms with Crippen LogP contribution >= 0.6 is 11.6 Å². The molecule has 1 heterocycles. The van der Waals surface area contributed by atoms with Crippen molar-refractivity contribution < 1.29 is 4.39 Å². The predicted octanol–water partition coefficient (Wildman–Crippen LogP) is 3.05. The van der Waals surface area contributed by atoms with Crippen molar-refractivity contribution in [2.24, 2.45) is 0 Å². The lowest BCUT2D eigenvalue weighted by Crippen LogP contribution is -2.37. The molecule has 1 N–H and O–H groups in total. The molecular formula is C14H20ClFN2. The molecule has 1 aliphatic rings. The lowest BCUT2D eigenvalue weighted by atomic mass is 10.2. The summed E-state index contributed by atoms with van der Waals surface area (Å²) in [5, 5.41) is 3.93. The van der Waals surface area contributed by atoms with E-state index in [1.807, 2.05) is 0 Å². The van der Waals surface area contributed by atoms with E-state index in [2.05, 4.69) is 17.1 Å². The highest BCUT2D eigenvalue weighted by atomic mass is 35.5. The van der Waals surface area contributed by atoms with Gasteiger partial charge < -0.3 is 10.2 Å². The minimum absolute atomic E-state index is 0.283. The zero-order chi connectivity index (χ0) is 13.0. The second-order valence-corrected chi connectivity index (χ2v) is 5.43. The molecule has 0 aliphatic carbocycles. The van der Waals surface area contributed by atoms with Gasteiger partial charge in [-0.3, -0.25) is 0 Å². The quantitative estimate of drug-likeness (QED) is 0.885. The number of nitrogens with zero attached hydrogens (tertiary/aromatic N) is 1. The van der Waals surface area contributed by atoms with Gasteiger partial charge in [-0.1, -0.05) is 17.7 Å². The van der Waals surface area contributed by atoms with Crippen molar-refractivity contribution >= 4 is 11.6 Å². The van der Waals surface area contributed by atoms with Gasteiger partial charge in [0.2, 0.25) is 0 Å². The zero-order valence-electron chi connectivity index (χ0n) is 10.8. The SMILES string of the molecule is CC(CN1CCCC1)NCc1ccc(F)cc1Cl. The van der Waals surface area contributed by atoms with E-state index < -0.39 is 0 Å². The summed E-state index contributed by atoms with van der Waals surface area (Å²) in [5.74, 6) is -0.283. The van der Waals surface area contributed by atoms with Gasteiger partial charge >= 0.3 is 0 Å². The Morgan fingerprint density at radius 3 is 2.78 bits per heavy atom. The predicted molar refractivity (Wildman–Crippen MR) is 73.4 cm³/mol. The maximum Gasteiger partial charge on any atom is 0.124 e. The Hall–Kier alpha value is -0.640. The number of hydrogen-bond donors (Lipinski definition) is 1. The molecule has 1 aliphatic heterocycles. The second-order valence-electron chi connectivity index (χ2n) is 5.03. The number of hydrogen-bond acceptors (Lipinski definition) is 2. The van der Waals surface area contributed by atoms with E-state index in [4.69, 9.17) is 11.6 Å². The average molecular weight is 271 g/mol. The smallest absolute Gasteiger partial charge is 0.124 e. The maximum atomic E-state index is 12.9. The van der Waals surface area contributed by atoms with Gasteiger partial charge in [-0.15, -0.1) is 0 Å². The molecule has 1 atom stereocenters. The summed E-state index contributed by atoms with van der Waals surface area (Å²) in [7, 11) is 0. The molecule has 0 saturated carbocycles. The third-order valence-corrected chi connectivity index (χ3v) is 3.74. The van der Waals surface area contributed by atoms with Gasteiger partial charge in [0.1, 0.15) is 5.82 Å². The summed E-state index contributed by atoms with van der Waals surface area (Å²) < 4.78 is 12.9. The van der Waals surface area contributed by atoms with Gasteiger partial charge in [-0.2, -0.15) is 0 Å². The second kappa shape index (κ2) is 6.50. The highest BCUT2D eigenvalue weighted by molar-refractivity contribution is 6.31. The van der Waals surface area contributed by atoms with E-state index in [-0.39, 0.29) is 5.82 Å². The Labute approximate surface area is 113 Å². The van der Waals surface area contributed by atoms with Crippen molar-refractivity contribution in [2.45, 2.75) is 32.4 Å². The molecule has 1 aromatic rings. The average Bonchev–Trinajstić information content (AvgIpc) is 2.80. The molecule has 0 aromatic heterocycles. The molecular weight excluding hydrogens is 251 g/mol. The third kappa shape index (κ3) is 3.94. The van der Waals surface area contributed by atoms with Gasteiger partial charge in [0.25, 0.3) is 0 Å². The first kappa shape index (κ1) is 13.8. The monoisotopic (exact) mass is 270 g/mol. The van der Waals surface area contributed by atoms with Crippen molar-refractivity contribution in [1.82, 2.24) is 10.2 Å². The first-order chi connectivity index (χ1) is 8.65. The Bertz CT molecular complexity index is 391. The summed E-state index contributed by atoms with van der Waals surface area (Å²) in [5.41, 5.74) is 0.950. The van der Waals surface area contributed by atoms with Gasteiger partial charge in [0, 0.05) is 24.2 Å². The summed E-state index contributed by atoms with van der Waals surface area (Å²) in [4.78, 5) is 2.48. The molecule has 1 aromatic carbocycles. The fourth-order valence-corrected chi connectivity index (χ4v) is 2.60. The Morgan fingerprint density at radius 1 is 1.39 bits per heavy atom. The minimum atomic E-state index is -0.283. The van der Waals surface area contributed by atoms with Gasteiger partial charge in [-0.25, -0.2) is 4.39 Å². The first-order valence-corrected chi connectivity index (χ1v) is 6.92. The molecule has 100 valence electrons. The van der Waals surface area contributed by atoms with Crippen LogP contribution in [-0.2, 0) is 6.54 Å². The Morgan fingerprint density at radius 2 is 2.11 bits per heavy atom. The normalized spacial score (nSPS) is 18.2. The summed E-state index contributed by atoms with van der Waals surface area (Å²) in [6.45, 7) is 6.36. The van der Waals surface area contributed by atoms with Crippen LogP contribution in [0.5, 0.6) is 0 Å². The molecule has 1 unspecified atom stereocenters. The fourth-order valence-electron chi connectivity index (χ4n) is 2.37. The lowest BCUT2D eigenvalue weighted by Gasteiger charge is -2.21. The molecule has 2 nitrogen and oxygen atoms in total. The lowest BCUT2D eigenvalue weighted by molar-refractivity contribution is 0.298. The molecule has 0 radical (unpaired) electrons. The van der Waals surface area contributed by atoms with Crippen LogP contribution in [0, 0.1) is 5.82 Å². The molecule has 1 fully saturated rings. The molecule has 0 amide bonds. The van der Waals surface area contributed by atoms with E-state index in [0.29, 0.717) is 17.6 Å². The van der Waals surface area contributed by atoms with Crippen LogP contribution in [0.15, 0.2) is 18.2 Å². The summed E-state index contributed by atoms with van der Waals surface area (Å²) in [6.07, 6.45) is 2.63. The zero-order valence-corrected chi connectivity index (χ0v) is 11.5. The minimum Gasteiger partial charge on any atom is -0.309 e. The largest absolute Gasteiger partial charge is 0.309 e. The van der Waals surface area contributed by atoms with Gasteiger partial charge in [-0.05, 0) is 50.6 Å². The molecule has 4 heteroatoms. The van der Waals surface area contributed by atoms with Crippen molar-refractivity contribution in [3.63, 3.8) is 0 Å². The van der Waals surface area contributed by atoms with E-state index in [0.717, 1.165) is 12.1 Å². The number of nitrogens with one attached hydrogen (secondary N) is 1. The van der Waals surface area contributed by atoms with Gasteiger partial charge in [0.05, 0.1) is 0 Å². The van der Waals surface area contributed by atoms with Crippen molar-refractivity contribution in [3.05, 3.63) is 34.6 Å². The Kier molecular flexibility index (Phi) is 4.98. The number of likely N-dealkylation sites (tertiary alicyclic amines) is 1. The van der Waals surface area contributed by atoms with Crippen molar-refractivity contribution in [2.75, 3.05) is 19.6 Å². The fraction of sp³-hybridized carbons (Fsp3) is 0.571. The molecule has 2 rings (SSSR count). The summed E-state index contributed by atoms with van der Waals surface area (Å²) >= 11 is 5.99. The molecule has 18 heavy (non-hydrogen) atoms. The van der Waals surface area contributed by atoms with E-state index >= 15 is 0 Å². The maximum absolute atomic E-state index is 12.9. The standard InChI is InChI=1S/C14H20ClFN2/c1-11(10-18-6-2-3-7-18)17-9-12-4-5-13(16)8-14(12)15/h4-5,8,11,17H,2-3,6-7,9-10H2,1H3. The first-order valence-electron chi connectivity index (χ1n) is 6.55. The van der Waals surface area contributed by atoms with Crippen LogP contribution < -0.4 is 5.32 Å². The summed E-state index contributed by atoms with van der Waals surface area (Å²) in [6, 6.07) is 4.98. The third-order valence-electron chi connectivity index (χ3n) is 3.39. The highest BCUT2D eigenvalue weighted by Gasteiger charge is 2.14. The van der Waals surface area contributed by atoms with E-state index in [1.54, 1.807) is 6.07 Å². The van der Waals surface area contributed by atoms with Crippen LogP contribution in [0.25, 0.3) is 0 Å².